The lowest BCUT2D eigenvalue weighted by Gasteiger charge is -2.11. The Morgan fingerprint density at radius 2 is 1.79 bits per heavy atom. The third kappa shape index (κ3) is 3.70. The van der Waals surface area contributed by atoms with Gasteiger partial charge in [-0.25, -0.2) is 4.39 Å². The molecular formula is C13H11BClFO3. The van der Waals surface area contributed by atoms with Crippen LogP contribution in [-0.2, 0) is 6.61 Å². The summed E-state index contributed by atoms with van der Waals surface area (Å²) in [5.74, 6) is -0.402. The van der Waals surface area contributed by atoms with E-state index >= 15 is 0 Å². The average Bonchev–Trinajstić information content (AvgIpc) is 2.38. The normalized spacial score (nSPS) is 10.3. The topological polar surface area (TPSA) is 49.7 Å². The van der Waals surface area contributed by atoms with Crippen LogP contribution in [0.15, 0.2) is 42.5 Å². The highest BCUT2D eigenvalue weighted by molar-refractivity contribution is 6.59. The summed E-state index contributed by atoms with van der Waals surface area (Å²) in [7, 11) is -1.71. The van der Waals surface area contributed by atoms with Gasteiger partial charge in [0.25, 0.3) is 0 Å². The molecule has 0 amide bonds. The second-order valence-corrected chi connectivity index (χ2v) is 4.41. The van der Waals surface area contributed by atoms with Gasteiger partial charge in [-0.1, -0.05) is 29.8 Å². The van der Waals surface area contributed by atoms with Gasteiger partial charge in [-0.15, -0.1) is 0 Å². The van der Waals surface area contributed by atoms with Crippen LogP contribution in [0, 0.1) is 5.82 Å². The summed E-state index contributed by atoms with van der Waals surface area (Å²) in [6, 6.07) is 10.5. The van der Waals surface area contributed by atoms with E-state index in [4.69, 9.17) is 26.4 Å². The minimum Gasteiger partial charge on any atom is -0.489 e. The summed E-state index contributed by atoms with van der Waals surface area (Å²) in [5.41, 5.74) is 0.961. The fraction of sp³-hybridized carbons (Fsp3) is 0.0769. The van der Waals surface area contributed by atoms with E-state index < -0.39 is 12.9 Å². The number of halogens is 2. The Balaban J connectivity index is 2.14. The number of hydrogen-bond acceptors (Lipinski definition) is 3. The average molecular weight is 280 g/mol. The molecule has 0 atom stereocenters. The van der Waals surface area contributed by atoms with E-state index in [1.165, 1.54) is 6.07 Å². The van der Waals surface area contributed by atoms with E-state index in [0.29, 0.717) is 5.02 Å². The second-order valence-electron chi connectivity index (χ2n) is 3.97. The van der Waals surface area contributed by atoms with Gasteiger partial charge >= 0.3 is 7.12 Å². The zero-order valence-corrected chi connectivity index (χ0v) is 10.6. The number of benzene rings is 2. The van der Waals surface area contributed by atoms with Crippen molar-refractivity contribution in [2.75, 3.05) is 0 Å². The first kappa shape index (κ1) is 13.9. The highest BCUT2D eigenvalue weighted by Gasteiger charge is 2.17. The van der Waals surface area contributed by atoms with Crippen molar-refractivity contribution in [2.24, 2.45) is 0 Å². The third-order valence-electron chi connectivity index (χ3n) is 2.56. The minimum atomic E-state index is -1.71. The van der Waals surface area contributed by atoms with E-state index in [2.05, 4.69) is 0 Å². The van der Waals surface area contributed by atoms with Gasteiger partial charge in [0, 0.05) is 16.6 Å². The molecule has 0 heterocycles. The largest absolute Gasteiger partial charge is 0.492 e. The molecule has 98 valence electrons. The molecule has 0 radical (unpaired) electrons. The lowest BCUT2D eigenvalue weighted by molar-refractivity contribution is 0.305. The highest BCUT2D eigenvalue weighted by Crippen LogP contribution is 2.14. The van der Waals surface area contributed by atoms with Crippen molar-refractivity contribution in [3.63, 3.8) is 0 Å². The molecule has 0 bridgehead atoms. The molecule has 19 heavy (non-hydrogen) atoms. The van der Waals surface area contributed by atoms with Gasteiger partial charge in [-0.2, -0.15) is 0 Å². The monoisotopic (exact) mass is 280 g/mol. The molecule has 0 saturated heterocycles. The van der Waals surface area contributed by atoms with Crippen molar-refractivity contribution >= 4 is 24.2 Å². The minimum absolute atomic E-state index is 0.102. The molecule has 3 nitrogen and oxygen atoms in total. The van der Waals surface area contributed by atoms with Crippen LogP contribution in [0.25, 0.3) is 0 Å². The van der Waals surface area contributed by atoms with Crippen molar-refractivity contribution in [2.45, 2.75) is 6.61 Å². The molecule has 2 aromatic rings. The maximum Gasteiger partial charge on any atom is 0.492 e. The van der Waals surface area contributed by atoms with Crippen LogP contribution in [0.1, 0.15) is 5.56 Å². The van der Waals surface area contributed by atoms with Crippen molar-refractivity contribution in [3.8, 4) is 5.75 Å². The summed E-state index contributed by atoms with van der Waals surface area (Å²) in [4.78, 5) is 0. The highest BCUT2D eigenvalue weighted by atomic mass is 35.5. The summed E-state index contributed by atoms with van der Waals surface area (Å²) < 4.78 is 18.5. The standard InChI is InChI=1S/C13H11BClFO3/c15-10-3-1-9(2-4-10)8-19-13-7-11(16)5-6-12(13)14(17)18/h1-7,17-18H,8H2. The first-order chi connectivity index (χ1) is 9.06. The molecule has 2 N–H and O–H groups in total. The smallest absolute Gasteiger partial charge is 0.489 e. The molecule has 2 rings (SSSR count). The first-order valence-electron chi connectivity index (χ1n) is 5.59. The van der Waals surface area contributed by atoms with Gasteiger partial charge in [-0.05, 0) is 23.8 Å². The van der Waals surface area contributed by atoms with Crippen LogP contribution < -0.4 is 10.2 Å². The van der Waals surface area contributed by atoms with Crippen LogP contribution in [0.2, 0.25) is 5.02 Å². The summed E-state index contributed by atoms with van der Waals surface area (Å²) >= 11 is 5.76. The molecule has 0 aromatic heterocycles. The van der Waals surface area contributed by atoms with E-state index in [0.717, 1.165) is 17.7 Å². The van der Waals surface area contributed by atoms with Crippen molar-refractivity contribution in [3.05, 3.63) is 58.9 Å². The van der Waals surface area contributed by atoms with Gasteiger partial charge < -0.3 is 14.8 Å². The van der Waals surface area contributed by atoms with Gasteiger partial charge in [0.2, 0.25) is 0 Å². The molecule has 0 spiro atoms. The van der Waals surface area contributed by atoms with Crippen molar-refractivity contribution in [1.29, 1.82) is 0 Å². The molecule has 0 saturated carbocycles. The second kappa shape index (κ2) is 6.06. The molecule has 0 aliphatic rings. The SMILES string of the molecule is OB(O)c1ccc(F)cc1OCc1ccc(Cl)cc1. The molecule has 0 fully saturated rings. The van der Waals surface area contributed by atoms with Crippen LogP contribution in [0.4, 0.5) is 4.39 Å². The zero-order chi connectivity index (χ0) is 13.8. The van der Waals surface area contributed by atoms with Crippen LogP contribution in [-0.4, -0.2) is 17.2 Å². The van der Waals surface area contributed by atoms with Crippen LogP contribution >= 0.6 is 11.6 Å². The fourth-order valence-electron chi connectivity index (χ4n) is 1.59. The summed E-state index contributed by atoms with van der Waals surface area (Å²) in [6.07, 6.45) is 0. The van der Waals surface area contributed by atoms with E-state index in [1.807, 2.05) is 0 Å². The van der Waals surface area contributed by atoms with E-state index in [1.54, 1.807) is 24.3 Å². The predicted octanol–water partition coefficient (Wildman–Crippen LogP) is 1.74. The van der Waals surface area contributed by atoms with Gasteiger partial charge in [0.1, 0.15) is 18.2 Å². The Hall–Kier alpha value is -1.56. The van der Waals surface area contributed by atoms with Crippen LogP contribution in [0.5, 0.6) is 5.75 Å². The summed E-state index contributed by atoms with van der Waals surface area (Å²) in [6.45, 7) is 0.181. The third-order valence-corrected chi connectivity index (χ3v) is 2.81. The van der Waals surface area contributed by atoms with E-state index in [9.17, 15) is 4.39 Å². The summed E-state index contributed by atoms with van der Waals surface area (Å²) in [5, 5.41) is 18.9. The molecule has 0 unspecified atom stereocenters. The van der Waals surface area contributed by atoms with E-state index in [-0.39, 0.29) is 17.8 Å². The Labute approximate surface area is 115 Å². The molecule has 0 aliphatic carbocycles. The molecule has 6 heteroatoms. The Kier molecular flexibility index (Phi) is 4.42. The lowest BCUT2D eigenvalue weighted by atomic mass is 9.79. The van der Waals surface area contributed by atoms with Gasteiger partial charge in [0.05, 0.1) is 0 Å². The number of rotatable bonds is 4. The van der Waals surface area contributed by atoms with Gasteiger partial charge in [0.15, 0.2) is 0 Å². The molecule has 0 aliphatic heterocycles. The van der Waals surface area contributed by atoms with Crippen molar-refractivity contribution < 1.29 is 19.2 Å². The van der Waals surface area contributed by atoms with Crippen LogP contribution in [0.3, 0.4) is 0 Å². The van der Waals surface area contributed by atoms with Crippen molar-refractivity contribution in [1.82, 2.24) is 0 Å². The maximum absolute atomic E-state index is 13.1. The zero-order valence-electron chi connectivity index (χ0n) is 9.88. The Bertz CT molecular complexity index is 560. The number of ether oxygens (including phenoxy) is 1. The maximum atomic E-state index is 13.1. The van der Waals surface area contributed by atoms with Gasteiger partial charge in [-0.3, -0.25) is 0 Å². The fourth-order valence-corrected chi connectivity index (χ4v) is 1.71. The lowest BCUT2D eigenvalue weighted by Crippen LogP contribution is -2.31. The quantitative estimate of drug-likeness (QED) is 0.839. The Morgan fingerprint density at radius 1 is 1.11 bits per heavy atom. The number of hydrogen-bond donors (Lipinski definition) is 2. The molecule has 2 aromatic carbocycles. The Morgan fingerprint density at radius 3 is 2.42 bits per heavy atom. The molecular weight excluding hydrogens is 269 g/mol. The predicted molar refractivity (Wildman–Crippen MR) is 72.0 cm³/mol. The first-order valence-corrected chi connectivity index (χ1v) is 5.97.